The molecule has 0 saturated carbocycles. The van der Waals surface area contributed by atoms with Crippen LogP contribution in [-0.4, -0.2) is 22.0 Å². The van der Waals surface area contributed by atoms with Crippen LogP contribution in [0.25, 0.3) is 10.2 Å². The van der Waals surface area contributed by atoms with E-state index in [9.17, 15) is 0 Å². The maximum atomic E-state index is 4.51. The van der Waals surface area contributed by atoms with E-state index in [-0.39, 0.29) is 0 Å². The smallest absolute Gasteiger partial charge is 0.224 e. The molecule has 19 heavy (non-hydrogen) atoms. The lowest BCUT2D eigenvalue weighted by Crippen LogP contribution is -1.97. The van der Waals surface area contributed by atoms with Crippen molar-refractivity contribution in [3.8, 4) is 0 Å². The van der Waals surface area contributed by atoms with E-state index in [0.29, 0.717) is 5.95 Å². The summed E-state index contributed by atoms with van der Waals surface area (Å²) in [5, 5.41) is 7.89. The van der Waals surface area contributed by atoms with Crippen molar-refractivity contribution in [1.82, 2.24) is 15.0 Å². The molecule has 3 heterocycles. The Morgan fingerprint density at radius 3 is 2.95 bits per heavy atom. The molecule has 0 atom stereocenters. The molecule has 0 aliphatic carbocycles. The molecule has 0 bridgehead atoms. The van der Waals surface area contributed by atoms with E-state index in [2.05, 4.69) is 36.2 Å². The summed E-state index contributed by atoms with van der Waals surface area (Å²) in [6, 6.07) is 5.91. The van der Waals surface area contributed by atoms with Crippen LogP contribution < -0.4 is 5.32 Å². The number of anilines is 1. The average molecular weight is 353 g/mol. The second-order valence-corrected chi connectivity index (χ2v) is 6.36. The third kappa shape index (κ3) is 2.58. The van der Waals surface area contributed by atoms with Crippen LogP contribution in [0.1, 0.15) is 0 Å². The Balaban J connectivity index is 2.09. The Hall–Kier alpha value is -1.18. The predicted molar refractivity (Wildman–Crippen MR) is 83.0 cm³/mol. The van der Waals surface area contributed by atoms with Gasteiger partial charge in [0.1, 0.15) is 14.9 Å². The van der Waals surface area contributed by atoms with Crippen molar-refractivity contribution in [2.24, 2.45) is 0 Å². The summed E-state index contributed by atoms with van der Waals surface area (Å²) >= 11 is 6.65. The Kier molecular flexibility index (Phi) is 3.67. The highest BCUT2D eigenvalue weighted by atomic mass is 79.9. The van der Waals surface area contributed by atoms with Gasteiger partial charge in [0, 0.05) is 18.6 Å². The van der Waals surface area contributed by atoms with Gasteiger partial charge in [-0.25, -0.2) is 15.0 Å². The van der Waals surface area contributed by atoms with Gasteiger partial charge in [0.25, 0.3) is 0 Å². The second kappa shape index (κ2) is 5.44. The minimum absolute atomic E-state index is 0.629. The monoisotopic (exact) mass is 352 g/mol. The molecule has 0 radical (unpaired) electrons. The van der Waals surface area contributed by atoms with E-state index in [1.165, 1.54) is 11.8 Å². The first-order chi connectivity index (χ1) is 9.28. The lowest BCUT2D eigenvalue weighted by Gasteiger charge is -2.05. The van der Waals surface area contributed by atoms with Gasteiger partial charge in [-0.1, -0.05) is 0 Å². The number of hydrogen-bond donors (Lipinski definition) is 1. The summed E-state index contributed by atoms with van der Waals surface area (Å²) in [5.74, 6) is 0.629. The van der Waals surface area contributed by atoms with Crippen molar-refractivity contribution in [3.63, 3.8) is 0 Å². The van der Waals surface area contributed by atoms with Gasteiger partial charge in [0.15, 0.2) is 0 Å². The molecule has 0 aromatic carbocycles. The summed E-state index contributed by atoms with van der Waals surface area (Å²) in [4.78, 5) is 14.3. The standard InChI is InChI=1S/C12H9BrN4S2/c1-14-12-16-9-7(4-6-18-9)10(17-12)19-11-8(13)3-2-5-15-11/h2-6H,1H3,(H,14,16,17). The van der Waals surface area contributed by atoms with E-state index in [1.54, 1.807) is 17.5 Å². The first kappa shape index (κ1) is 12.8. The zero-order valence-electron chi connectivity index (χ0n) is 9.92. The molecule has 0 aliphatic rings. The minimum Gasteiger partial charge on any atom is -0.357 e. The second-order valence-electron chi connectivity index (χ2n) is 3.63. The molecule has 0 saturated heterocycles. The van der Waals surface area contributed by atoms with Gasteiger partial charge in [0.05, 0.1) is 4.47 Å². The number of pyridine rings is 1. The quantitative estimate of drug-likeness (QED) is 0.720. The number of halogens is 1. The van der Waals surface area contributed by atoms with Crippen molar-refractivity contribution in [2.45, 2.75) is 10.1 Å². The summed E-state index contributed by atoms with van der Waals surface area (Å²) in [6.07, 6.45) is 1.78. The van der Waals surface area contributed by atoms with E-state index in [4.69, 9.17) is 0 Å². The van der Waals surface area contributed by atoms with Crippen LogP contribution in [0.15, 0.2) is 44.3 Å². The molecule has 3 rings (SSSR count). The molecule has 0 spiro atoms. The number of nitrogens with one attached hydrogen (secondary N) is 1. The summed E-state index contributed by atoms with van der Waals surface area (Å²) in [5.41, 5.74) is 0. The highest BCUT2D eigenvalue weighted by Crippen LogP contribution is 2.36. The van der Waals surface area contributed by atoms with Crippen molar-refractivity contribution in [1.29, 1.82) is 0 Å². The lowest BCUT2D eigenvalue weighted by atomic mass is 10.4. The van der Waals surface area contributed by atoms with E-state index >= 15 is 0 Å². The van der Waals surface area contributed by atoms with Gasteiger partial charge in [-0.05, 0) is 51.3 Å². The number of rotatable bonds is 3. The topological polar surface area (TPSA) is 50.7 Å². The minimum atomic E-state index is 0.629. The fourth-order valence-electron chi connectivity index (χ4n) is 1.56. The maximum absolute atomic E-state index is 4.51. The van der Waals surface area contributed by atoms with E-state index in [0.717, 1.165) is 24.7 Å². The van der Waals surface area contributed by atoms with Gasteiger partial charge in [-0.15, -0.1) is 11.3 Å². The molecule has 7 heteroatoms. The van der Waals surface area contributed by atoms with Crippen LogP contribution in [0.5, 0.6) is 0 Å². The molecule has 0 unspecified atom stereocenters. The third-order valence-electron chi connectivity index (χ3n) is 2.43. The Bertz CT molecular complexity index is 729. The summed E-state index contributed by atoms with van der Waals surface area (Å²) in [7, 11) is 1.82. The molecular weight excluding hydrogens is 344 g/mol. The molecule has 0 fully saturated rings. The molecule has 3 aromatic heterocycles. The van der Waals surface area contributed by atoms with Crippen molar-refractivity contribution in [2.75, 3.05) is 12.4 Å². The maximum Gasteiger partial charge on any atom is 0.224 e. The van der Waals surface area contributed by atoms with Crippen molar-refractivity contribution >= 4 is 55.2 Å². The van der Waals surface area contributed by atoms with Gasteiger partial charge in [0.2, 0.25) is 5.95 Å². The van der Waals surface area contributed by atoms with Gasteiger partial charge >= 0.3 is 0 Å². The van der Waals surface area contributed by atoms with Gasteiger partial charge in [-0.2, -0.15) is 0 Å². The summed E-state index contributed by atoms with van der Waals surface area (Å²) in [6.45, 7) is 0. The first-order valence-electron chi connectivity index (χ1n) is 5.49. The SMILES string of the molecule is CNc1nc(Sc2ncccc2Br)c2ccsc2n1. The molecule has 0 aliphatic heterocycles. The highest BCUT2D eigenvalue weighted by molar-refractivity contribution is 9.10. The van der Waals surface area contributed by atoms with E-state index in [1.807, 2.05) is 30.6 Å². The molecule has 1 N–H and O–H groups in total. The molecule has 4 nitrogen and oxygen atoms in total. The lowest BCUT2D eigenvalue weighted by molar-refractivity contribution is 1.07. The Labute approximate surface area is 126 Å². The van der Waals surface area contributed by atoms with Crippen LogP contribution in [0.3, 0.4) is 0 Å². The zero-order chi connectivity index (χ0) is 13.2. The predicted octanol–water partition coefficient (Wildman–Crippen LogP) is 4.04. The molecule has 96 valence electrons. The van der Waals surface area contributed by atoms with Crippen LogP contribution in [0, 0.1) is 0 Å². The van der Waals surface area contributed by atoms with Crippen LogP contribution >= 0.6 is 39.0 Å². The van der Waals surface area contributed by atoms with Crippen LogP contribution in [0.4, 0.5) is 5.95 Å². The number of nitrogens with zero attached hydrogens (tertiary/aromatic N) is 3. The largest absolute Gasteiger partial charge is 0.357 e. The highest BCUT2D eigenvalue weighted by Gasteiger charge is 2.12. The van der Waals surface area contributed by atoms with Crippen molar-refractivity contribution < 1.29 is 0 Å². The Morgan fingerprint density at radius 1 is 1.26 bits per heavy atom. The van der Waals surface area contributed by atoms with Crippen LogP contribution in [-0.2, 0) is 0 Å². The fourth-order valence-corrected chi connectivity index (χ4v) is 3.75. The number of fused-ring (bicyclic) bond motifs is 1. The molecule has 3 aromatic rings. The molecular formula is C12H9BrN4S2. The average Bonchev–Trinajstić information content (AvgIpc) is 2.89. The van der Waals surface area contributed by atoms with Crippen molar-refractivity contribution in [3.05, 3.63) is 34.2 Å². The summed E-state index contributed by atoms with van der Waals surface area (Å²) < 4.78 is 0.966. The van der Waals surface area contributed by atoms with Crippen LogP contribution in [0.2, 0.25) is 0 Å². The molecule has 0 amide bonds. The number of hydrogen-bond acceptors (Lipinski definition) is 6. The third-order valence-corrected chi connectivity index (χ3v) is 5.16. The normalized spacial score (nSPS) is 10.8. The number of thiophene rings is 1. The Morgan fingerprint density at radius 2 is 2.16 bits per heavy atom. The zero-order valence-corrected chi connectivity index (χ0v) is 13.1. The first-order valence-corrected chi connectivity index (χ1v) is 7.98. The fraction of sp³-hybridized carbons (Fsp3) is 0.0833. The number of aromatic nitrogens is 3. The van der Waals surface area contributed by atoms with E-state index < -0.39 is 0 Å². The van der Waals surface area contributed by atoms with Gasteiger partial charge < -0.3 is 5.32 Å². The van der Waals surface area contributed by atoms with Gasteiger partial charge in [-0.3, -0.25) is 0 Å².